The zero-order chi connectivity index (χ0) is 44.1. The molecule has 2 aromatic heterocycles. The van der Waals surface area contributed by atoms with Crippen LogP contribution in [0.1, 0.15) is 93.1 Å². The second-order valence-electron chi connectivity index (χ2n) is 18.0. The molecule has 1 saturated carbocycles. The molecule has 0 radical (unpaired) electrons. The van der Waals surface area contributed by atoms with Crippen LogP contribution >= 0.6 is 0 Å². The fourth-order valence-electron chi connectivity index (χ4n) is 10.7. The number of fused-ring (bicyclic) bond motifs is 5. The number of aromatic nitrogens is 4. The first-order valence-electron chi connectivity index (χ1n) is 22.6. The summed E-state index contributed by atoms with van der Waals surface area (Å²) in [4.78, 5) is 74.3. The Morgan fingerprint density at radius 3 is 1.98 bits per heavy atom. The number of benzene rings is 3. The molecular weight excluding hydrogens is 817 g/mol. The molecule has 5 fully saturated rings. The van der Waals surface area contributed by atoms with Gasteiger partial charge in [0.15, 0.2) is 0 Å². The number of nitrogens with zero attached hydrogens (tertiary/aromatic N) is 4. The number of hydrogen-bond acceptors (Lipinski definition) is 10. The van der Waals surface area contributed by atoms with Crippen molar-refractivity contribution in [2.75, 3.05) is 40.6 Å². The van der Waals surface area contributed by atoms with Gasteiger partial charge in [-0.1, -0.05) is 24.0 Å². The van der Waals surface area contributed by atoms with Gasteiger partial charge in [-0.15, -0.1) is 0 Å². The minimum Gasteiger partial charge on any atom is -0.453 e. The van der Waals surface area contributed by atoms with E-state index in [2.05, 4.69) is 50.6 Å². The van der Waals surface area contributed by atoms with Gasteiger partial charge in [-0.3, -0.25) is 9.59 Å². The Labute approximate surface area is 370 Å². The minimum atomic E-state index is -0.714. The van der Waals surface area contributed by atoms with Gasteiger partial charge in [0.1, 0.15) is 23.7 Å². The lowest BCUT2D eigenvalue weighted by molar-refractivity contribution is -0.139. The molecule has 16 heteroatoms. The highest BCUT2D eigenvalue weighted by Gasteiger charge is 2.56. The van der Waals surface area contributed by atoms with E-state index in [1.165, 1.54) is 14.2 Å². The van der Waals surface area contributed by atoms with Gasteiger partial charge in [0.25, 0.3) is 0 Å². The summed E-state index contributed by atoms with van der Waals surface area (Å²) >= 11 is 0. The summed E-state index contributed by atoms with van der Waals surface area (Å²) in [6.45, 7) is 4.26. The lowest BCUT2D eigenvalue weighted by Crippen LogP contribution is -2.54. The summed E-state index contributed by atoms with van der Waals surface area (Å²) in [5, 5.41) is 7.68. The molecule has 10 rings (SSSR count). The maximum Gasteiger partial charge on any atom is 0.407 e. The molecule has 2 unspecified atom stereocenters. The summed E-state index contributed by atoms with van der Waals surface area (Å²) in [7, 11) is 2.63. The lowest BCUT2D eigenvalue weighted by Gasteiger charge is -2.36. The third-order valence-corrected chi connectivity index (χ3v) is 14.2. The smallest absolute Gasteiger partial charge is 0.407 e. The molecule has 5 aromatic rings. The largest absolute Gasteiger partial charge is 0.453 e. The number of likely N-dealkylation sites (tertiary alicyclic amines) is 2. The molecule has 4 N–H and O–H groups in total. The Hall–Kier alpha value is -6.18. The summed E-state index contributed by atoms with van der Waals surface area (Å²) in [6.07, 6.45) is 4.87. The fraction of sp³-hybridized carbons (Fsp3) is 0.500. The van der Waals surface area contributed by atoms with Crippen molar-refractivity contribution in [1.29, 1.82) is 0 Å². The Bertz CT molecular complexity index is 2670. The van der Waals surface area contributed by atoms with Gasteiger partial charge in [0.05, 0.1) is 48.4 Å². The molecule has 0 bridgehead atoms. The maximum atomic E-state index is 14.3. The van der Waals surface area contributed by atoms with Gasteiger partial charge in [0, 0.05) is 55.0 Å². The normalized spacial score (nSPS) is 24.5. The van der Waals surface area contributed by atoms with Crippen molar-refractivity contribution >= 4 is 56.8 Å². The molecule has 3 aromatic carbocycles. The highest BCUT2D eigenvalue weighted by Crippen LogP contribution is 2.54. The third kappa shape index (κ3) is 8.00. The summed E-state index contributed by atoms with van der Waals surface area (Å²) < 4.78 is 21.0. The number of amides is 4. The minimum absolute atomic E-state index is 0.0283. The average molecular weight is 871 g/mol. The second kappa shape index (κ2) is 17.4. The molecule has 334 valence electrons. The predicted molar refractivity (Wildman–Crippen MR) is 236 cm³/mol. The van der Waals surface area contributed by atoms with E-state index < -0.39 is 24.3 Å². The Morgan fingerprint density at radius 1 is 0.703 bits per heavy atom. The third-order valence-electron chi connectivity index (χ3n) is 14.2. The van der Waals surface area contributed by atoms with Gasteiger partial charge < -0.3 is 49.3 Å². The molecule has 4 saturated heterocycles. The monoisotopic (exact) mass is 870 g/mol. The first-order chi connectivity index (χ1) is 31.2. The molecule has 1 aliphatic carbocycles. The topological polar surface area (TPSA) is 193 Å². The number of hydrogen-bond donors (Lipinski definition) is 4. The van der Waals surface area contributed by atoms with E-state index in [1.54, 1.807) is 0 Å². The number of imidazole rings is 2. The molecule has 4 aliphatic heterocycles. The van der Waals surface area contributed by atoms with E-state index in [0.717, 1.165) is 75.5 Å². The van der Waals surface area contributed by atoms with E-state index in [1.807, 2.05) is 47.1 Å². The quantitative estimate of drug-likeness (QED) is 0.134. The SMILES string of the molecule is COC(=O)N[C@H](C(=O)N1C2CC2C[C@H]1c1nc2c(ccc3cc(C#Cc4ccc5nc([C@@H]6CC[C@H](C)N6C(=O)[C@@H](NC(=O)OC)C6CCOCC6)[nH]c5c4)ccc32)[nH]1)C1CCOCC1. The van der Waals surface area contributed by atoms with Gasteiger partial charge in [-0.05, 0) is 118 Å². The van der Waals surface area contributed by atoms with Crippen LogP contribution in [0.4, 0.5) is 9.59 Å². The van der Waals surface area contributed by atoms with Crippen LogP contribution in [0.2, 0.25) is 0 Å². The summed E-state index contributed by atoms with van der Waals surface area (Å²) in [6, 6.07) is 14.3. The number of rotatable bonds is 8. The molecule has 5 aliphatic rings. The highest BCUT2D eigenvalue weighted by atomic mass is 16.5. The summed E-state index contributed by atoms with van der Waals surface area (Å²) in [5.41, 5.74) is 5.02. The Morgan fingerprint density at radius 2 is 1.31 bits per heavy atom. The van der Waals surface area contributed by atoms with Crippen LogP contribution < -0.4 is 10.6 Å². The standard InChI is InChI=1S/C48H54N8O8/c1-26-4-13-37(55(26)45(57)40(53-47(59)61-2)29-14-18-63-19-15-29)43-49-34-11-8-28(23-36(34)51-43)6-5-27-7-10-33-31(22-27)9-12-35-42(33)52-44(50-35)39-25-32-24-38(32)56(39)46(58)41(54-48(60)62-3)30-16-20-64-21-17-30/h7-12,22-23,26,29-30,32,37-41H,4,13-21,24-25H2,1-3H3,(H,49,51)(H,50,52)(H,53,59)(H,54,60)/t26-,32?,37-,38?,39-,40-,41-/m0/s1. The molecule has 4 amide bonds. The van der Waals surface area contributed by atoms with Crippen molar-refractivity contribution in [1.82, 2.24) is 40.4 Å². The fourth-order valence-corrected chi connectivity index (χ4v) is 10.7. The lowest BCUT2D eigenvalue weighted by atomic mass is 9.90. The van der Waals surface area contributed by atoms with Gasteiger partial charge >= 0.3 is 12.2 Å². The average Bonchev–Trinajstić information content (AvgIpc) is 3.71. The number of ether oxygens (including phenoxy) is 4. The number of nitrogens with one attached hydrogen (secondary N) is 4. The number of alkyl carbamates (subject to hydrolysis) is 2. The van der Waals surface area contributed by atoms with Crippen molar-refractivity contribution in [3.05, 3.63) is 71.3 Å². The van der Waals surface area contributed by atoms with E-state index in [4.69, 9.17) is 28.9 Å². The van der Waals surface area contributed by atoms with Crippen LogP contribution in [0.25, 0.3) is 32.8 Å². The number of carbonyl (C=O) groups is 4. The van der Waals surface area contributed by atoms with Crippen molar-refractivity contribution in [3.8, 4) is 11.8 Å². The number of piperidine rings is 1. The zero-order valence-corrected chi connectivity index (χ0v) is 36.4. The first-order valence-corrected chi connectivity index (χ1v) is 22.6. The van der Waals surface area contributed by atoms with Crippen LogP contribution in [-0.2, 0) is 28.5 Å². The highest BCUT2D eigenvalue weighted by molar-refractivity contribution is 6.04. The summed E-state index contributed by atoms with van der Waals surface area (Å²) in [5.74, 6) is 8.26. The van der Waals surface area contributed by atoms with E-state index in [-0.39, 0.29) is 47.8 Å². The van der Waals surface area contributed by atoms with Crippen molar-refractivity contribution in [2.45, 2.75) is 94.5 Å². The van der Waals surface area contributed by atoms with Crippen LogP contribution in [0, 0.1) is 29.6 Å². The Balaban J connectivity index is 0.866. The van der Waals surface area contributed by atoms with E-state index in [9.17, 15) is 19.2 Å². The van der Waals surface area contributed by atoms with E-state index in [0.29, 0.717) is 63.9 Å². The maximum absolute atomic E-state index is 14.3. The number of carbonyl (C=O) groups excluding carboxylic acids is 4. The number of aromatic amines is 2. The number of H-pyrrole nitrogens is 2. The van der Waals surface area contributed by atoms with Crippen LogP contribution in [-0.4, -0.2) is 119 Å². The van der Waals surface area contributed by atoms with Gasteiger partial charge in [-0.2, -0.15) is 0 Å². The van der Waals surface area contributed by atoms with Crippen LogP contribution in [0.5, 0.6) is 0 Å². The van der Waals surface area contributed by atoms with Crippen molar-refractivity contribution < 1.29 is 38.1 Å². The molecule has 16 nitrogen and oxygen atoms in total. The van der Waals surface area contributed by atoms with Gasteiger partial charge in [0.2, 0.25) is 11.8 Å². The Kier molecular flexibility index (Phi) is 11.4. The van der Waals surface area contributed by atoms with Gasteiger partial charge in [-0.25, -0.2) is 19.6 Å². The molecular formula is C48H54N8O8. The predicted octanol–water partition coefficient (Wildman–Crippen LogP) is 6.01. The molecule has 7 atom stereocenters. The van der Waals surface area contributed by atoms with Crippen LogP contribution in [0.15, 0.2) is 48.5 Å². The molecule has 6 heterocycles. The number of methoxy groups -OCH3 is 2. The van der Waals surface area contributed by atoms with Crippen molar-refractivity contribution in [2.24, 2.45) is 17.8 Å². The molecule has 0 spiro atoms. The second-order valence-corrected chi connectivity index (χ2v) is 18.0. The molecule has 64 heavy (non-hydrogen) atoms. The van der Waals surface area contributed by atoms with Crippen molar-refractivity contribution in [3.63, 3.8) is 0 Å². The van der Waals surface area contributed by atoms with Crippen LogP contribution in [0.3, 0.4) is 0 Å². The first kappa shape index (κ1) is 41.8. The zero-order valence-electron chi connectivity index (χ0n) is 36.4. The van der Waals surface area contributed by atoms with E-state index >= 15 is 0 Å².